The SMILES string of the molecule is C[SiH](C)CC[SiH](C)N. The summed E-state index contributed by atoms with van der Waals surface area (Å²) in [6.45, 7) is 6.99. The number of nitrogens with two attached hydrogens (primary N) is 1. The van der Waals surface area contributed by atoms with Crippen LogP contribution in [-0.4, -0.2) is 17.8 Å². The topological polar surface area (TPSA) is 26.0 Å². The summed E-state index contributed by atoms with van der Waals surface area (Å²) in [5.41, 5.74) is 0. The van der Waals surface area contributed by atoms with E-state index in [-0.39, 0.29) is 8.80 Å². The second kappa shape index (κ2) is 4.29. The molecule has 0 amide bonds. The minimum atomic E-state index is -0.692. The smallest absolute Gasteiger partial charge is 0.102 e. The van der Waals surface area contributed by atoms with E-state index in [1.54, 1.807) is 0 Å². The zero-order chi connectivity index (χ0) is 6.57. The molecule has 0 bridgehead atoms. The van der Waals surface area contributed by atoms with Gasteiger partial charge in [0.1, 0.15) is 8.96 Å². The lowest BCUT2D eigenvalue weighted by Crippen LogP contribution is -2.21. The van der Waals surface area contributed by atoms with Gasteiger partial charge in [-0.05, 0) is 0 Å². The Hall–Kier alpha value is 0.394. The van der Waals surface area contributed by atoms with E-state index in [1.165, 1.54) is 12.1 Å². The normalized spacial score (nSPS) is 14.6. The standard InChI is InChI=1S/C5H17NSi2/c1-7(2)4-5-8(3)6/h7-8H,4-6H2,1-3H3. The van der Waals surface area contributed by atoms with E-state index in [0.717, 1.165) is 0 Å². The first-order chi connectivity index (χ1) is 3.63. The van der Waals surface area contributed by atoms with E-state index in [1.807, 2.05) is 0 Å². The molecule has 0 spiro atoms. The summed E-state index contributed by atoms with van der Waals surface area (Å²) in [6.07, 6.45) is 0. The van der Waals surface area contributed by atoms with Gasteiger partial charge >= 0.3 is 0 Å². The monoisotopic (exact) mass is 147 g/mol. The maximum Gasteiger partial charge on any atom is 0.102 e. The second-order valence-electron chi connectivity index (χ2n) is 2.95. The minimum Gasteiger partial charge on any atom is -0.353 e. The third kappa shape index (κ3) is 6.39. The first-order valence-corrected chi connectivity index (χ1v) is 9.15. The van der Waals surface area contributed by atoms with Crippen molar-refractivity contribution >= 4 is 17.8 Å². The van der Waals surface area contributed by atoms with Gasteiger partial charge in [0.2, 0.25) is 0 Å². The molecule has 0 saturated carbocycles. The summed E-state index contributed by atoms with van der Waals surface area (Å²) in [5.74, 6) is 0. The summed E-state index contributed by atoms with van der Waals surface area (Å²) in [4.78, 5) is 0. The van der Waals surface area contributed by atoms with Crippen LogP contribution in [-0.2, 0) is 0 Å². The number of hydrogen-bond acceptors (Lipinski definition) is 1. The van der Waals surface area contributed by atoms with Gasteiger partial charge in [-0.15, -0.1) is 0 Å². The van der Waals surface area contributed by atoms with Crippen LogP contribution in [0.3, 0.4) is 0 Å². The van der Waals surface area contributed by atoms with Gasteiger partial charge in [-0.1, -0.05) is 31.7 Å². The summed E-state index contributed by atoms with van der Waals surface area (Å²) >= 11 is 0. The first kappa shape index (κ1) is 8.39. The molecule has 0 saturated heterocycles. The Kier molecular flexibility index (Phi) is 4.50. The minimum absolute atomic E-state index is 0.272. The zero-order valence-corrected chi connectivity index (χ0v) is 8.46. The van der Waals surface area contributed by atoms with Crippen LogP contribution in [0.4, 0.5) is 0 Å². The van der Waals surface area contributed by atoms with Crippen molar-refractivity contribution in [2.75, 3.05) is 0 Å². The summed E-state index contributed by atoms with van der Waals surface area (Å²) in [6, 6.07) is 2.83. The van der Waals surface area contributed by atoms with Crippen molar-refractivity contribution < 1.29 is 0 Å². The molecular weight excluding hydrogens is 130 g/mol. The predicted octanol–water partition coefficient (Wildman–Crippen LogP) is 0.785. The molecule has 0 aliphatic carbocycles. The van der Waals surface area contributed by atoms with Crippen LogP contribution in [0.25, 0.3) is 0 Å². The van der Waals surface area contributed by atoms with Gasteiger partial charge in [0.05, 0.1) is 0 Å². The van der Waals surface area contributed by atoms with Crippen LogP contribution in [0.1, 0.15) is 0 Å². The molecule has 50 valence electrons. The first-order valence-electron chi connectivity index (χ1n) is 3.38. The Bertz CT molecular complexity index is 46.4. The molecule has 1 unspecified atom stereocenters. The van der Waals surface area contributed by atoms with Gasteiger partial charge in [-0.25, -0.2) is 0 Å². The van der Waals surface area contributed by atoms with Crippen LogP contribution < -0.4 is 5.40 Å². The summed E-state index contributed by atoms with van der Waals surface area (Å²) < 4.78 is 0. The van der Waals surface area contributed by atoms with Crippen LogP contribution in [0, 0.1) is 0 Å². The summed E-state index contributed by atoms with van der Waals surface area (Å²) in [5, 5.41) is 5.70. The van der Waals surface area contributed by atoms with Crippen LogP contribution in [0.15, 0.2) is 0 Å². The molecular formula is C5H17NSi2. The predicted molar refractivity (Wildman–Crippen MR) is 45.7 cm³/mol. The molecule has 0 aromatic carbocycles. The number of hydrogen-bond donors (Lipinski definition) is 1. The Morgan fingerprint density at radius 1 is 1.12 bits per heavy atom. The van der Waals surface area contributed by atoms with Crippen molar-refractivity contribution in [2.45, 2.75) is 31.7 Å². The van der Waals surface area contributed by atoms with Gasteiger partial charge in [0.25, 0.3) is 0 Å². The van der Waals surface area contributed by atoms with Crippen molar-refractivity contribution in [3.8, 4) is 0 Å². The molecule has 1 atom stereocenters. The molecule has 0 rings (SSSR count). The molecule has 0 heterocycles. The van der Waals surface area contributed by atoms with Crippen LogP contribution in [0.5, 0.6) is 0 Å². The van der Waals surface area contributed by atoms with E-state index in [0.29, 0.717) is 0 Å². The second-order valence-corrected chi connectivity index (χ2v) is 8.85. The van der Waals surface area contributed by atoms with Crippen molar-refractivity contribution in [1.29, 1.82) is 0 Å². The van der Waals surface area contributed by atoms with Crippen molar-refractivity contribution in [3.05, 3.63) is 0 Å². The Labute approximate surface area is 55.6 Å². The highest BCUT2D eigenvalue weighted by Gasteiger charge is 1.98. The summed E-state index contributed by atoms with van der Waals surface area (Å²) in [7, 11) is -0.964. The molecule has 8 heavy (non-hydrogen) atoms. The lowest BCUT2D eigenvalue weighted by molar-refractivity contribution is 1.33. The van der Waals surface area contributed by atoms with E-state index in [2.05, 4.69) is 19.6 Å². The van der Waals surface area contributed by atoms with E-state index < -0.39 is 8.96 Å². The van der Waals surface area contributed by atoms with Crippen molar-refractivity contribution in [2.24, 2.45) is 5.40 Å². The molecule has 0 aliphatic heterocycles. The van der Waals surface area contributed by atoms with E-state index >= 15 is 0 Å². The van der Waals surface area contributed by atoms with Crippen LogP contribution in [0.2, 0.25) is 31.7 Å². The third-order valence-electron chi connectivity index (χ3n) is 1.20. The fraction of sp³-hybridized carbons (Fsp3) is 1.00. The largest absolute Gasteiger partial charge is 0.353 e. The Balaban J connectivity index is 2.93. The lowest BCUT2D eigenvalue weighted by Gasteiger charge is -2.03. The molecule has 0 radical (unpaired) electrons. The Morgan fingerprint density at radius 2 is 1.62 bits per heavy atom. The molecule has 0 aromatic rings. The highest BCUT2D eigenvalue weighted by Crippen LogP contribution is 1.98. The van der Waals surface area contributed by atoms with Crippen molar-refractivity contribution in [3.63, 3.8) is 0 Å². The van der Waals surface area contributed by atoms with Gasteiger partial charge < -0.3 is 5.40 Å². The molecule has 0 aliphatic rings. The third-order valence-corrected chi connectivity index (χ3v) is 4.60. The molecule has 0 fully saturated rings. The average Bonchev–Trinajstić information content (AvgIpc) is 1.61. The van der Waals surface area contributed by atoms with Crippen LogP contribution >= 0.6 is 0 Å². The lowest BCUT2D eigenvalue weighted by atomic mass is 10.9. The quantitative estimate of drug-likeness (QED) is 0.587. The number of rotatable bonds is 3. The van der Waals surface area contributed by atoms with Gasteiger partial charge in [-0.2, -0.15) is 0 Å². The highest BCUT2D eigenvalue weighted by atomic mass is 28.3. The maximum absolute atomic E-state index is 5.70. The van der Waals surface area contributed by atoms with E-state index in [4.69, 9.17) is 5.40 Å². The molecule has 2 N–H and O–H groups in total. The van der Waals surface area contributed by atoms with Crippen molar-refractivity contribution in [1.82, 2.24) is 0 Å². The maximum atomic E-state index is 5.70. The van der Waals surface area contributed by atoms with E-state index in [9.17, 15) is 0 Å². The Morgan fingerprint density at radius 3 is 1.75 bits per heavy atom. The zero-order valence-electron chi connectivity index (χ0n) is 6.15. The molecule has 3 heteroatoms. The molecule has 1 nitrogen and oxygen atoms in total. The van der Waals surface area contributed by atoms with Gasteiger partial charge in [0.15, 0.2) is 0 Å². The fourth-order valence-corrected chi connectivity index (χ4v) is 5.37. The molecule has 0 aromatic heterocycles. The fourth-order valence-electron chi connectivity index (χ4n) is 0.596. The average molecular weight is 147 g/mol. The van der Waals surface area contributed by atoms with Gasteiger partial charge in [-0.3, -0.25) is 0 Å². The van der Waals surface area contributed by atoms with Gasteiger partial charge in [0, 0.05) is 8.80 Å². The highest BCUT2D eigenvalue weighted by molar-refractivity contribution is 6.60.